The number of rotatable bonds is 3. The maximum Gasteiger partial charge on any atom is 0.416 e. The molecule has 0 saturated carbocycles. The van der Waals surface area contributed by atoms with Crippen LogP contribution in [0.5, 0.6) is 0 Å². The van der Waals surface area contributed by atoms with Gasteiger partial charge in [0.25, 0.3) is 5.91 Å². The summed E-state index contributed by atoms with van der Waals surface area (Å²) >= 11 is 0. The van der Waals surface area contributed by atoms with E-state index < -0.39 is 35.0 Å². The van der Waals surface area contributed by atoms with Gasteiger partial charge in [-0.15, -0.1) is 0 Å². The topological polar surface area (TPSA) is 68.0 Å². The van der Waals surface area contributed by atoms with E-state index >= 15 is 0 Å². The van der Waals surface area contributed by atoms with Crippen molar-refractivity contribution in [2.24, 2.45) is 0 Å². The zero-order valence-corrected chi connectivity index (χ0v) is 11.9. The minimum atomic E-state index is -5.03. The summed E-state index contributed by atoms with van der Waals surface area (Å²) in [5.41, 5.74) is -3.93. The molecule has 0 bridgehead atoms. The maximum absolute atomic E-state index is 12.7. The van der Waals surface area contributed by atoms with E-state index in [1.54, 1.807) is 0 Å². The molecule has 1 heterocycles. The Kier molecular flexibility index (Phi) is 4.54. The second-order valence-electron chi connectivity index (χ2n) is 4.71. The fraction of sp³-hybridized carbons (Fsp3) is 0.308. The lowest BCUT2D eigenvalue weighted by Gasteiger charge is -2.13. The van der Waals surface area contributed by atoms with Crippen molar-refractivity contribution < 1.29 is 35.7 Å². The summed E-state index contributed by atoms with van der Waals surface area (Å²) < 4.78 is 81.0. The third-order valence-electron chi connectivity index (χ3n) is 2.82. The number of aryl methyl sites for hydroxylation is 1. The van der Waals surface area contributed by atoms with E-state index in [1.807, 2.05) is 0 Å². The normalized spacial score (nSPS) is 12.3. The van der Waals surface area contributed by atoms with Crippen molar-refractivity contribution >= 4 is 5.91 Å². The van der Waals surface area contributed by atoms with Crippen LogP contribution in [0.25, 0.3) is 0 Å². The maximum atomic E-state index is 12.7. The Bertz CT molecular complexity index is 719. The van der Waals surface area contributed by atoms with Crippen molar-refractivity contribution in [1.29, 1.82) is 0 Å². The number of halogens is 6. The predicted octanol–water partition coefficient (Wildman–Crippen LogP) is 3.35. The Morgan fingerprint density at radius 2 is 1.62 bits per heavy atom. The van der Waals surface area contributed by atoms with Crippen LogP contribution in [0.3, 0.4) is 0 Å². The van der Waals surface area contributed by atoms with Crippen LogP contribution >= 0.6 is 0 Å². The molecule has 2 aromatic rings. The number of amides is 1. The summed E-state index contributed by atoms with van der Waals surface area (Å²) in [5.74, 6) is -0.913. The van der Waals surface area contributed by atoms with E-state index in [0.717, 1.165) is 0 Å². The molecule has 130 valence electrons. The van der Waals surface area contributed by atoms with E-state index in [-0.39, 0.29) is 24.3 Å². The largest absolute Gasteiger partial charge is 0.416 e. The molecule has 2 rings (SSSR count). The number of benzene rings is 1. The predicted molar refractivity (Wildman–Crippen MR) is 66.7 cm³/mol. The monoisotopic (exact) mass is 353 g/mol. The Balaban J connectivity index is 2.28. The third kappa shape index (κ3) is 4.24. The van der Waals surface area contributed by atoms with E-state index in [2.05, 4.69) is 20.0 Å². The molecule has 1 amide bonds. The van der Waals surface area contributed by atoms with Crippen LogP contribution in [0.15, 0.2) is 22.7 Å². The van der Waals surface area contributed by atoms with E-state index in [0.29, 0.717) is 12.1 Å². The molecule has 1 N–H and O–H groups in total. The zero-order chi connectivity index (χ0) is 18.1. The van der Waals surface area contributed by atoms with E-state index in [4.69, 9.17) is 0 Å². The van der Waals surface area contributed by atoms with Crippen molar-refractivity contribution in [3.05, 3.63) is 46.6 Å². The first-order valence-electron chi connectivity index (χ1n) is 6.33. The number of alkyl halides is 6. The Morgan fingerprint density at radius 1 is 1.08 bits per heavy atom. The quantitative estimate of drug-likeness (QED) is 0.860. The third-order valence-corrected chi connectivity index (χ3v) is 2.82. The average molecular weight is 353 g/mol. The van der Waals surface area contributed by atoms with Gasteiger partial charge in [0.05, 0.1) is 17.7 Å². The molecule has 24 heavy (non-hydrogen) atoms. The molecule has 0 atom stereocenters. The highest BCUT2D eigenvalue weighted by molar-refractivity contribution is 5.94. The highest BCUT2D eigenvalue weighted by atomic mass is 19.4. The van der Waals surface area contributed by atoms with Crippen molar-refractivity contribution in [3.8, 4) is 0 Å². The van der Waals surface area contributed by atoms with Gasteiger partial charge in [-0.2, -0.15) is 31.3 Å². The molecule has 0 fully saturated rings. The minimum absolute atomic E-state index is 0.0381. The van der Waals surface area contributed by atoms with Gasteiger partial charge >= 0.3 is 12.4 Å². The van der Waals surface area contributed by atoms with Crippen molar-refractivity contribution in [2.75, 3.05) is 0 Å². The fourth-order valence-electron chi connectivity index (χ4n) is 1.76. The van der Waals surface area contributed by atoms with E-state index in [9.17, 15) is 31.1 Å². The molecule has 5 nitrogen and oxygen atoms in total. The van der Waals surface area contributed by atoms with Gasteiger partial charge in [0.15, 0.2) is 5.82 Å². The Labute approximate surface area is 130 Å². The summed E-state index contributed by atoms with van der Waals surface area (Å²) in [7, 11) is 0. The first-order chi connectivity index (χ1) is 11.0. The molecular formula is C13H9F6N3O2. The minimum Gasteiger partial charge on any atom is -0.343 e. The number of carbonyl (C=O) groups excluding carboxylic acids is 1. The first kappa shape index (κ1) is 17.8. The number of hydrogen-bond acceptors (Lipinski definition) is 4. The molecule has 0 saturated heterocycles. The summed E-state index contributed by atoms with van der Waals surface area (Å²) in [6, 6.07) is 0.616. The average Bonchev–Trinajstić information content (AvgIpc) is 2.88. The van der Waals surface area contributed by atoms with Gasteiger partial charge in [-0.25, -0.2) is 0 Å². The molecule has 0 aliphatic rings. The lowest BCUT2D eigenvalue weighted by molar-refractivity contribution is -0.143. The molecule has 0 radical (unpaired) electrons. The molecule has 0 spiro atoms. The van der Waals surface area contributed by atoms with Crippen LogP contribution in [0.2, 0.25) is 0 Å². The van der Waals surface area contributed by atoms with Gasteiger partial charge < -0.3 is 9.84 Å². The number of carbonyl (C=O) groups is 1. The highest BCUT2D eigenvalue weighted by Crippen LogP contribution is 2.36. The van der Waals surface area contributed by atoms with Gasteiger partial charge in [-0.3, -0.25) is 4.79 Å². The summed E-state index contributed by atoms with van der Waals surface area (Å²) in [4.78, 5) is 15.6. The summed E-state index contributed by atoms with van der Waals surface area (Å²) in [6.45, 7) is 1.16. The van der Waals surface area contributed by atoms with Gasteiger partial charge in [-0.1, -0.05) is 5.16 Å². The summed E-state index contributed by atoms with van der Waals surface area (Å²) in [6.07, 6.45) is -10.1. The molecule has 0 unspecified atom stereocenters. The van der Waals surface area contributed by atoms with Gasteiger partial charge in [0, 0.05) is 5.56 Å². The molecular weight excluding hydrogens is 344 g/mol. The standard InChI is InChI=1S/C13H9F6N3O2/c1-6-21-10(24-22-6)5-20-11(23)7-2-8(12(14,15)16)4-9(3-7)13(17,18)19/h2-4H,5H2,1H3,(H,20,23). The Morgan fingerprint density at radius 3 is 2.04 bits per heavy atom. The molecule has 11 heteroatoms. The highest BCUT2D eigenvalue weighted by Gasteiger charge is 2.37. The zero-order valence-electron chi connectivity index (χ0n) is 11.9. The number of hydrogen-bond donors (Lipinski definition) is 1. The van der Waals surface area contributed by atoms with Crippen molar-refractivity contribution in [2.45, 2.75) is 25.8 Å². The first-order valence-corrected chi connectivity index (χ1v) is 6.33. The van der Waals surface area contributed by atoms with Crippen LogP contribution in [0, 0.1) is 6.92 Å². The molecule has 1 aromatic carbocycles. The van der Waals surface area contributed by atoms with Gasteiger partial charge in [0.2, 0.25) is 5.89 Å². The van der Waals surface area contributed by atoms with Gasteiger partial charge in [-0.05, 0) is 25.1 Å². The van der Waals surface area contributed by atoms with Crippen LogP contribution in [0.4, 0.5) is 26.3 Å². The second-order valence-corrected chi connectivity index (χ2v) is 4.71. The smallest absolute Gasteiger partial charge is 0.343 e. The SMILES string of the molecule is Cc1noc(CNC(=O)c2cc(C(F)(F)F)cc(C(F)(F)F)c2)n1. The molecule has 0 aliphatic carbocycles. The lowest BCUT2D eigenvalue weighted by Crippen LogP contribution is -2.24. The van der Waals surface area contributed by atoms with Crippen LogP contribution in [-0.4, -0.2) is 16.0 Å². The van der Waals surface area contributed by atoms with E-state index in [1.165, 1.54) is 6.92 Å². The van der Waals surface area contributed by atoms with Gasteiger partial charge in [0.1, 0.15) is 0 Å². The lowest BCUT2D eigenvalue weighted by atomic mass is 10.0. The summed E-state index contributed by atoms with van der Waals surface area (Å²) in [5, 5.41) is 5.54. The van der Waals surface area contributed by atoms with Crippen molar-refractivity contribution in [3.63, 3.8) is 0 Å². The number of nitrogens with zero attached hydrogens (tertiary/aromatic N) is 2. The van der Waals surface area contributed by atoms with Crippen molar-refractivity contribution in [1.82, 2.24) is 15.5 Å². The second kappa shape index (κ2) is 6.13. The molecule has 1 aromatic heterocycles. The van der Waals surface area contributed by atoms with Crippen LogP contribution < -0.4 is 5.32 Å². The number of nitrogens with one attached hydrogen (secondary N) is 1. The fourth-order valence-corrected chi connectivity index (χ4v) is 1.76. The van der Waals surface area contributed by atoms with Crippen LogP contribution in [0.1, 0.15) is 33.2 Å². The van der Waals surface area contributed by atoms with Crippen LogP contribution in [-0.2, 0) is 18.9 Å². The Hall–Kier alpha value is -2.59. The molecule has 0 aliphatic heterocycles. The number of aromatic nitrogens is 2.